The Hall–Kier alpha value is -0.320. The van der Waals surface area contributed by atoms with Crippen LogP contribution in [0.3, 0.4) is 0 Å². The Balaban J connectivity index is 2.19. The molecule has 0 amide bonds. The second kappa shape index (κ2) is 4.04. The summed E-state index contributed by atoms with van der Waals surface area (Å²) in [7, 11) is 0. The van der Waals surface area contributed by atoms with E-state index >= 15 is 0 Å². The summed E-state index contributed by atoms with van der Waals surface area (Å²) in [6.45, 7) is 1.57. The van der Waals surface area contributed by atoms with E-state index in [-0.39, 0.29) is 11.9 Å². The molecule has 0 saturated carbocycles. The highest BCUT2D eigenvalue weighted by Crippen LogP contribution is 2.31. The van der Waals surface area contributed by atoms with Crippen molar-refractivity contribution < 1.29 is 9.13 Å². The van der Waals surface area contributed by atoms with Gasteiger partial charge in [0.25, 0.3) is 0 Å². The fraction of sp³-hybridized carbons (Fsp3) is 0.333. The van der Waals surface area contributed by atoms with Gasteiger partial charge < -0.3 is 10.1 Å². The third-order valence-corrected chi connectivity index (χ3v) is 2.92. The van der Waals surface area contributed by atoms with E-state index < -0.39 is 0 Å². The summed E-state index contributed by atoms with van der Waals surface area (Å²) in [5.41, 5.74) is 0. The van der Waals surface area contributed by atoms with Crippen molar-refractivity contribution in [3.05, 3.63) is 27.4 Å². The van der Waals surface area contributed by atoms with E-state index in [4.69, 9.17) is 16.3 Å². The minimum absolute atomic E-state index is 0.105. The average molecular weight is 281 g/mol. The fourth-order valence-electron chi connectivity index (χ4n) is 1.12. The summed E-state index contributed by atoms with van der Waals surface area (Å²) < 4.78 is 18.9. The molecule has 1 aromatic rings. The molecule has 2 nitrogen and oxygen atoms in total. The number of nitrogens with one attached hydrogen (secondary N) is 1. The van der Waals surface area contributed by atoms with Gasteiger partial charge in [-0.15, -0.1) is 0 Å². The third kappa shape index (κ3) is 2.02. The first kappa shape index (κ1) is 10.2. The van der Waals surface area contributed by atoms with Crippen LogP contribution in [0.5, 0.6) is 5.75 Å². The van der Waals surface area contributed by atoms with Crippen molar-refractivity contribution >= 4 is 27.5 Å². The molecule has 0 bridgehead atoms. The van der Waals surface area contributed by atoms with Crippen LogP contribution in [0.25, 0.3) is 0 Å². The number of rotatable bonds is 2. The SMILES string of the molecule is Fc1cc(OC2CNC2)c(Cl)cc1Br. The van der Waals surface area contributed by atoms with Gasteiger partial charge in [-0.1, -0.05) is 11.6 Å². The van der Waals surface area contributed by atoms with E-state index in [9.17, 15) is 4.39 Å². The van der Waals surface area contributed by atoms with Crippen molar-refractivity contribution in [2.45, 2.75) is 6.10 Å². The summed E-state index contributed by atoms with van der Waals surface area (Å²) in [4.78, 5) is 0. The van der Waals surface area contributed by atoms with Crippen molar-refractivity contribution in [2.24, 2.45) is 0 Å². The van der Waals surface area contributed by atoms with E-state index in [1.54, 1.807) is 0 Å². The lowest BCUT2D eigenvalue weighted by atomic mass is 10.2. The van der Waals surface area contributed by atoms with Gasteiger partial charge in [0.15, 0.2) is 0 Å². The Morgan fingerprint density at radius 1 is 1.50 bits per heavy atom. The molecule has 14 heavy (non-hydrogen) atoms. The standard InChI is InChI=1S/C9H8BrClFNO/c10-6-1-7(11)9(2-8(6)12)14-5-3-13-4-5/h1-2,5,13H,3-4H2. The molecule has 5 heteroatoms. The summed E-state index contributed by atoms with van der Waals surface area (Å²) in [6, 6.07) is 2.79. The molecule has 1 fully saturated rings. The minimum Gasteiger partial charge on any atom is -0.486 e. The summed E-state index contributed by atoms with van der Waals surface area (Å²) in [5, 5.41) is 3.48. The van der Waals surface area contributed by atoms with Crippen molar-refractivity contribution in [3.8, 4) is 5.75 Å². The lowest BCUT2D eigenvalue weighted by Crippen LogP contribution is -2.50. The first-order valence-corrected chi connectivity index (χ1v) is 5.36. The predicted octanol–water partition coefficient (Wildman–Crippen LogP) is 2.59. The number of halogens is 3. The molecule has 1 heterocycles. The highest BCUT2D eigenvalue weighted by atomic mass is 79.9. The van der Waals surface area contributed by atoms with E-state index in [1.165, 1.54) is 12.1 Å². The van der Waals surface area contributed by atoms with E-state index in [0.717, 1.165) is 13.1 Å². The Kier molecular flexibility index (Phi) is 2.95. The first-order chi connectivity index (χ1) is 6.66. The van der Waals surface area contributed by atoms with Gasteiger partial charge in [0, 0.05) is 19.2 Å². The zero-order valence-corrected chi connectivity index (χ0v) is 9.53. The van der Waals surface area contributed by atoms with E-state index in [1.807, 2.05) is 0 Å². The maximum atomic E-state index is 13.1. The quantitative estimate of drug-likeness (QED) is 0.841. The van der Waals surface area contributed by atoms with Crippen LogP contribution >= 0.6 is 27.5 Å². The molecule has 1 aromatic carbocycles. The van der Waals surface area contributed by atoms with Crippen LogP contribution < -0.4 is 10.1 Å². The molecule has 1 N–H and O–H groups in total. The van der Waals surface area contributed by atoms with Crippen LogP contribution in [0, 0.1) is 5.82 Å². The number of hydrogen-bond acceptors (Lipinski definition) is 2. The lowest BCUT2D eigenvalue weighted by molar-refractivity contribution is 0.142. The van der Waals surface area contributed by atoms with Crippen LogP contribution in [0.15, 0.2) is 16.6 Å². The maximum absolute atomic E-state index is 13.1. The van der Waals surface area contributed by atoms with Crippen LogP contribution in [-0.4, -0.2) is 19.2 Å². The van der Waals surface area contributed by atoms with Gasteiger partial charge in [-0.3, -0.25) is 0 Å². The molecule has 0 spiro atoms. The lowest BCUT2D eigenvalue weighted by Gasteiger charge is -2.28. The fourth-order valence-corrected chi connectivity index (χ4v) is 1.80. The highest BCUT2D eigenvalue weighted by molar-refractivity contribution is 9.10. The average Bonchev–Trinajstić information content (AvgIpc) is 2.06. The highest BCUT2D eigenvalue weighted by Gasteiger charge is 2.20. The van der Waals surface area contributed by atoms with Gasteiger partial charge in [-0.05, 0) is 22.0 Å². The van der Waals surface area contributed by atoms with Gasteiger partial charge >= 0.3 is 0 Å². The normalized spacial score (nSPS) is 16.5. The topological polar surface area (TPSA) is 21.3 Å². The minimum atomic E-state index is -0.364. The molecule has 1 aliphatic heterocycles. The van der Waals surface area contributed by atoms with Gasteiger partial charge in [0.1, 0.15) is 17.7 Å². The van der Waals surface area contributed by atoms with Crippen molar-refractivity contribution in [1.29, 1.82) is 0 Å². The molecule has 2 rings (SSSR count). The molecule has 0 aromatic heterocycles. The van der Waals surface area contributed by atoms with Gasteiger partial charge in [0.05, 0.1) is 9.50 Å². The van der Waals surface area contributed by atoms with Crippen LogP contribution in [0.1, 0.15) is 0 Å². The number of ether oxygens (including phenoxy) is 1. The maximum Gasteiger partial charge on any atom is 0.141 e. The molecule has 0 radical (unpaired) electrons. The van der Waals surface area contributed by atoms with Crippen LogP contribution in [0.4, 0.5) is 4.39 Å². The van der Waals surface area contributed by atoms with Crippen LogP contribution in [0.2, 0.25) is 5.02 Å². The first-order valence-electron chi connectivity index (χ1n) is 4.19. The Labute approximate surface area is 94.5 Å². The number of hydrogen-bond donors (Lipinski definition) is 1. The zero-order valence-electron chi connectivity index (χ0n) is 7.19. The molecule has 76 valence electrons. The monoisotopic (exact) mass is 279 g/mol. The summed E-state index contributed by atoms with van der Waals surface area (Å²) >= 11 is 8.93. The van der Waals surface area contributed by atoms with Gasteiger partial charge in [-0.2, -0.15) is 0 Å². The largest absolute Gasteiger partial charge is 0.486 e. The molecule has 1 saturated heterocycles. The van der Waals surface area contributed by atoms with Crippen molar-refractivity contribution in [2.75, 3.05) is 13.1 Å². The number of benzene rings is 1. The summed E-state index contributed by atoms with van der Waals surface area (Å²) in [6.07, 6.45) is 0.105. The molecule has 0 aliphatic carbocycles. The summed E-state index contributed by atoms with van der Waals surface area (Å²) in [5.74, 6) is 0.0375. The Morgan fingerprint density at radius 2 is 2.21 bits per heavy atom. The van der Waals surface area contributed by atoms with Gasteiger partial charge in [-0.25, -0.2) is 4.39 Å². The van der Waals surface area contributed by atoms with Gasteiger partial charge in [0.2, 0.25) is 0 Å². The second-order valence-electron chi connectivity index (χ2n) is 3.09. The van der Waals surface area contributed by atoms with E-state index in [0.29, 0.717) is 15.2 Å². The molecule has 1 aliphatic rings. The molecule has 0 unspecified atom stereocenters. The van der Waals surface area contributed by atoms with E-state index in [2.05, 4.69) is 21.2 Å². The third-order valence-electron chi connectivity index (χ3n) is 2.01. The second-order valence-corrected chi connectivity index (χ2v) is 4.36. The zero-order chi connectivity index (χ0) is 10.1. The predicted molar refractivity (Wildman–Crippen MR) is 56.4 cm³/mol. The Morgan fingerprint density at radius 3 is 2.79 bits per heavy atom. The van der Waals surface area contributed by atoms with Crippen LogP contribution in [-0.2, 0) is 0 Å². The smallest absolute Gasteiger partial charge is 0.141 e. The van der Waals surface area contributed by atoms with Crippen molar-refractivity contribution in [3.63, 3.8) is 0 Å². The van der Waals surface area contributed by atoms with Crippen molar-refractivity contribution in [1.82, 2.24) is 5.32 Å². The molecular formula is C9H8BrClFNO. The molecular weight excluding hydrogens is 272 g/mol. The Bertz CT molecular complexity index is 357. The molecule has 0 atom stereocenters.